The molecule has 1 rings (SSSR count). The summed E-state index contributed by atoms with van der Waals surface area (Å²) in [4.78, 5) is 21.1. The van der Waals surface area contributed by atoms with Crippen molar-refractivity contribution in [1.82, 2.24) is 5.32 Å². The third kappa shape index (κ3) is 3.98. The van der Waals surface area contributed by atoms with E-state index in [1.165, 1.54) is 12.1 Å². The van der Waals surface area contributed by atoms with Gasteiger partial charge in [0.1, 0.15) is 4.90 Å². The standard InChI is InChI=1S/C8H8BrN3O5S/c9-4-1-2-5(6(3-4)18(15,16)17)11-8(14)12-7(10)13/h1-3H,(H,15,16,17)(H4,10,11,12,13,14). The summed E-state index contributed by atoms with van der Waals surface area (Å²) in [7, 11) is -4.52. The number of amides is 4. The van der Waals surface area contributed by atoms with E-state index >= 15 is 0 Å². The van der Waals surface area contributed by atoms with Crippen LogP contribution in [0.1, 0.15) is 0 Å². The van der Waals surface area contributed by atoms with Crippen LogP contribution in [-0.2, 0) is 10.1 Å². The largest absolute Gasteiger partial charge is 0.351 e. The second-order valence-corrected chi connectivity index (χ2v) is 5.36. The van der Waals surface area contributed by atoms with Gasteiger partial charge in [-0.2, -0.15) is 8.42 Å². The number of urea groups is 2. The van der Waals surface area contributed by atoms with Crippen molar-refractivity contribution < 1.29 is 22.6 Å². The van der Waals surface area contributed by atoms with Gasteiger partial charge in [-0.15, -0.1) is 0 Å². The fourth-order valence-corrected chi connectivity index (χ4v) is 2.26. The van der Waals surface area contributed by atoms with Gasteiger partial charge in [-0.25, -0.2) is 9.59 Å². The lowest BCUT2D eigenvalue weighted by Gasteiger charge is -2.09. The molecule has 0 spiro atoms. The Morgan fingerprint density at radius 1 is 1.33 bits per heavy atom. The zero-order chi connectivity index (χ0) is 13.9. The van der Waals surface area contributed by atoms with Gasteiger partial charge in [0.25, 0.3) is 10.1 Å². The van der Waals surface area contributed by atoms with Gasteiger partial charge in [-0.3, -0.25) is 9.87 Å². The molecule has 0 aliphatic rings. The Balaban J connectivity index is 3.10. The quantitative estimate of drug-likeness (QED) is 0.593. The van der Waals surface area contributed by atoms with Crippen LogP contribution < -0.4 is 16.4 Å². The Morgan fingerprint density at radius 3 is 2.44 bits per heavy atom. The third-order valence-corrected chi connectivity index (χ3v) is 3.09. The molecule has 8 nitrogen and oxygen atoms in total. The highest BCUT2D eigenvalue weighted by atomic mass is 79.9. The molecule has 5 N–H and O–H groups in total. The average Bonchev–Trinajstić information content (AvgIpc) is 2.17. The normalized spacial score (nSPS) is 10.8. The first-order valence-electron chi connectivity index (χ1n) is 4.34. The van der Waals surface area contributed by atoms with E-state index < -0.39 is 27.1 Å². The first kappa shape index (κ1) is 14.4. The Hall–Kier alpha value is -1.65. The van der Waals surface area contributed by atoms with Crippen molar-refractivity contribution in [3.05, 3.63) is 22.7 Å². The monoisotopic (exact) mass is 337 g/mol. The highest BCUT2D eigenvalue weighted by molar-refractivity contribution is 9.10. The highest BCUT2D eigenvalue weighted by Gasteiger charge is 2.17. The van der Waals surface area contributed by atoms with Gasteiger partial charge in [-0.05, 0) is 18.2 Å². The van der Waals surface area contributed by atoms with Crippen LogP contribution >= 0.6 is 15.9 Å². The number of primary amides is 1. The molecule has 10 heteroatoms. The molecule has 1 aromatic carbocycles. The van der Waals surface area contributed by atoms with Crippen LogP contribution in [0.4, 0.5) is 15.3 Å². The van der Waals surface area contributed by atoms with Crippen LogP contribution in [0, 0.1) is 0 Å². The molecule has 0 aliphatic heterocycles. The SMILES string of the molecule is NC(=O)NC(=O)Nc1ccc(Br)cc1S(=O)(=O)O. The van der Waals surface area contributed by atoms with E-state index in [4.69, 9.17) is 10.3 Å². The predicted octanol–water partition coefficient (Wildman–Crippen LogP) is 0.896. The average molecular weight is 338 g/mol. The van der Waals surface area contributed by atoms with Crippen molar-refractivity contribution >= 4 is 43.8 Å². The molecule has 0 fully saturated rings. The summed E-state index contributed by atoms with van der Waals surface area (Å²) in [5, 5.41) is 3.75. The molecule has 0 heterocycles. The third-order valence-electron chi connectivity index (χ3n) is 1.71. The topological polar surface area (TPSA) is 139 Å². The summed E-state index contributed by atoms with van der Waals surface area (Å²) in [5.74, 6) is 0. The summed E-state index contributed by atoms with van der Waals surface area (Å²) in [6.45, 7) is 0. The number of nitrogens with two attached hydrogens (primary N) is 1. The summed E-state index contributed by atoms with van der Waals surface area (Å²) in [6, 6.07) is 1.64. The number of carbonyl (C=O) groups excluding carboxylic acids is 2. The maximum absolute atomic E-state index is 11.2. The maximum atomic E-state index is 11.2. The molecule has 1 aromatic rings. The van der Waals surface area contributed by atoms with Crippen LogP contribution in [0.5, 0.6) is 0 Å². The van der Waals surface area contributed by atoms with Crippen molar-refractivity contribution in [1.29, 1.82) is 0 Å². The molecule has 18 heavy (non-hydrogen) atoms. The lowest BCUT2D eigenvalue weighted by Crippen LogP contribution is -2.38. The van der Waals surface area contributed by atoms with Crippen molar-refractivity contribution in [3.63, 3.8) is 0 Å². The Labute approximate surface area is 110 Å². The van der Waals surface area contributed by atoms with Crippen molar-refractivity contribution in [3.8, 4) is 0 Å². The van der Waals surface area contributed by atoms with Gasteiger partial charge < -0.3 is 11.1 Å². The molecule has 0 atom stereocenters. The Bertz CT molecular complexity index is 601. The van der Waals surface area contributed by atoms with Crippen LogP contribution in [-0.4, -0.2) is 25.0 Å². The molecule has 98 valence electrons. The predicted molar refractivity (Wildman–Crippen MR) is 65.7 cm³/mol. The van der Waals surface area contributed by atoms with E-state index in [-0.39, 0.29) is 5.69 Å². The fraction of sp³-hybridized carbons (Fsp3) is 0. The minimum atomic E-state index is -4.52. The fourth-order valence-electron chi connectivity index (χ4n) is 1.08. The van der Waals surface area contributed by atoms with Gasteiger partial charge in [0.2, 0.25) is 0 Å². The van der Waals surface area contributed by atoms with E-state index in [1.807, 2.05) is 0 Å². The minimum Gasteiger partial charge on any atom is -0.351 e. The lowest BCUT2D eigenvalue weighted by atomic mass is 10.3. The second kappa shape index (κ2) is 5.33. The first-order valence-corrected chi connectivity index (χ1v) is 6.58. The van der Waals surface area contributed by atoms with Crippen LogP contribution in [0.2, 0.25) is 0 Å². The van der Waals surface area contributed by atoms with Crippen LogP contribution in [0.25, 0.3) is 0 Å². The number of halogens is 1. The van der Waals surface area contributed by atoms with Crippen LogP contribution in [0.15, 0.2) is 27.6 Å². The van der Waals surface area contributed by atoms with Gasteiger partial charge in [0.15, 0.2) is 0 Å². The van der Waals surface area contributed by atoms with Gasteiger partial charge >= 0.3 is 12.1 Å². The Morgan fingerprint density at radius 2 is 1.94 bits per heavy atom. The number of hydrogen-bond acceptors (Lipinski definition) is 4. The van der Waals surface area contributed by atoms with Crippen LogP contribution in [0.3, 0.4) is 0 Å². The van der Waals surface area contributed by atoms with Gasteiger partial charge in [-0.1, -0.05) is 15.9 Å². The van der Waals surface area contributed by atoms with Crippen molar-refractivity contribution in [2.24, 2.45) is 5.73 Å². The minimum absolute atomic E-state index is 0.195. The zero-order valence-electron chi connectivity index (χ0n) is 8.68. The molecule has 0 saturated heterocycles. The first-order chi connectivity index (χ1) is 8.20. The molecule has 4 amide bonds. The van der Waals surface area contributed by atoms with E-state index in [9.17, 15) is 18.0 Å². The number of nitrogens with one attached hydrogen (secondary N) is 2. The summed E-state index contributed by atoms with van der Waals surface area (Å²) < 4.78 is 31.5. The molecule has 0 radical (unpaired) electrons. The summed E-state index contributed by atoms with van der Waals surface area (Å²) in [5.41, 5.74) is 4.51. The van der Waals surface area contributed by atoms with E-state index in [2.05, 4.69) is 21.2 Å². The highest BCUT2D eigenvalue weighted by Crippen LogP contribution is 2.25. The molecule has 0 aromatic heterocycles. The number of hydrogen-bond donors (Lipinski definition) is 4. The molecular weight excluding hydrogens is 330 g/mol. The van der Waals surface area contributed by atoms with Crippen molar-refractivity contribution in [2.45, 2.75) is 4.90 Å². The lowest BCUT2D eigenvalue weighted by molar-refractivity contribution is 0.238. The number of anilines is 1. The maximum Gasteiger partial charge on any atom is 0.327 e. The van der Waals surface area contributed by atoms with Gasteiger partial charge in [0, 0.05) is 4.47 Å². The van der Waals surface area contributed by atoms with Gasteiger partial charge in [0.05, 0.1) is 5.69 Å². The molecule has 0 bridgehead atoms. The zero-order valence-corrected chi connectivity index (χ0v) is 11.1. The Kier molecular flexibility index (Phi) is 4.27. The molecule has 0 aliphatic carbocycles. The number of benzene rings is 1. The summed E-state index contributed by atoms with van der Waals surface area (Å²) >= 11 is 3.02. The van der Waals surface area contributed by atoms with E-state index in [1.54, 1.807) is 5.32 Å². The second-order valence-electron chi connectivity index (χ2n) is 3.06. The molecule has 0 saturated carbocycles. The summed E-state index contributed by atoms with van der Waals surface area (Å²) in [6.07, 6.45) is 0. The number of imide groups is 1. The van der Waals surface area contributed by atoms with E-state index in [0.717, 1.165) is 6.07 Å². The number of carbonyl (C=O) groups is 2. The van der Waals surface area contributed by atoms with Crippen molar-refractivity contribution in [2.75, 3.05) is 5.32 Å². The molecular formula is C8H8BrN3O5S. The molecule has 0 unspecified atom stereocenters. The number of rotatable bonds is 2. The van der Waals surface area contributed by atoms with E-state index in [0.29, 0.717) is 4.47 Å². The smallest absolute Gasteiger partial charge is 0.327 e.